The maximum Gasteiger partial charge on any atom is 0.131 e. The average molecular weight is 256 g/mol. The summed E-state index contributed by atoms with van der Waals surface area (Å²) in [7, 11) is 0. The van der Waals surface area contributed by atoms with Crippen molar-refractivity contribution >= 4 is 22.9 Å². The van der Waals surface area contributed by atoms with Crippen LogP contribution in [0, 0.1) is 5.82 Å². The molecule has 84 valence electrons. The Labute approximate surface area is 103 Å². The summed E-state index contributed by atoms with van der Waals surface area (Å²) >= 11 is 7.42. The van der Waals surface area contributed by atoms with Crippen LogP contribution in [0.25, 0.3) is 10.4 Å². The lowest BCUT2D eigenvalue weighted by Crippen LogP contribution is -2.05. The summed E-state index contributed by atoms with van der Waals surface area (Å²) in [5, 5.41) is 2.42. The van der Waals surface area contributed by atoms with Gasteiger partial charge < -0.3 is 5.73 Å². The molecular formula is C12H11ClFNS. The van der Waals surface area contributed by atoms with Gasteiger partial charge in [0.25, 0.3) is 0 Å². The first-order valence-electron chi connectivity index (χ1n) is 4.88. The molecule has 1 aromatic carbocycles. The molecule has 1 aromatic heterocycles. The Morgan fingerprint density at radius 1 is 1.38 bits per heavy atom. The van der Waals surface area contributed by atoms with E-state index in [2.05, 4.69) is 0 Å². The summed E-state index contributed by atoms with van der Waals surface area (Å²) < 4.78 is 13.7. The predicted molar refractivity (Wildman–Crippen MR) is 67.3 cm³/mol. The van der Waals surface area contributed by atoms with E-state index < -0.39 is 0 Å². The molecule has 4 heteroatoms. The quantitative estimate of drug-likeness (QED) is 0.854. The first-order valence-corrected chi connectivity index (χ1v) is 6.13. The van der Waals surface area contributed by atoms with Crippen LogP contribution in [0.1, 0.15) is 18.5 Å². The molecule has 16 heavy (non-hydrogen) atoms. The van der Waals surface area contributed by atoms with E-state index in [1.807, 2.05) is 12.3 Å². The number of rotatable bonds is 2. The van der Waals surface area contributed by atoms with Crippen LogP contribution in [-0.4, -0.2) is 0 Å². The summed E-state index contributed by atoms with van der Waals surface area (Å²) in [5.41, 5.74) is 7.20. The molecule has 0 aliphatic carbocycles. The molecule has 1 heterocycles. The van der Waals surface area contributed by atoms with Gasteiger partial charge in [-0.1, -0.05) is 17.7 Å². The number of hydrogen-bond donors (Lipinski definition) is 1. The van der Waals surface area contributed by atoms with Gasteiger partial charge in [0.2, 0.25) is 0 Å². The third kappa shape index (κ3) is 2.12. The Bertz CT molecular complexity index is 507. The van der Waals surface area contributed by atoms with E-state index >= 15 is 0 Å². The second kappa shape index (κ2) is 4.53. The predicted octanol–water partition coefficient (Wildman–Crippen LogP) is 4.23. The lowest BCUT2D eigenvalue weighted by atomic mass is 10.0. The summed E-state index contributed by atoms with van der Waals surface area (Å²) in [6.07, 6.45) is 0. The molecule has 1 unspecified atom stereocenters. The smallest absolute Gasteiger partial charge is 0.131 e. The Morgan fingerprint density at radius 2 is 2.12 bits per heavy atom. The fourth-order valence-electron chi connectivity index (χ4n) is 1.49. The highest BCUT2D eigenvalue weighted by Crippen LogP contribution is 2.35. The average Bonchev–Trinajstić information content (AvgIpc) is 2.65. The van der Waals surface area contributed by atoms with Gasteiger partial charge in [-0.05, 0) is 36.1 Å². The summed E-state index contributed by atoms with van der Waals surface area (Å²) in [6, 6.07) is 6.55. The molecule has 2 aromatic rings. The van der Waals surface area contributed by atoms with Crippen LogP contribution in [0.4, 0.5) is 4.39 Å². The maximum absolute atomic E-state index is 13.7. The minimum atomic E-state index is -0.270. The van der Waals surface area contributed by atoms with E-state index in [9.17, 15) is 4.39 Å². The Kier molecular flexibility index (Phi) is 3.28. The van der Waals surface area contributed by atoms with Crippen molar-refractivity contribution in [3.05, 3.63) is 46.0 Å². The molecule has 2 rings (SSSR count). The Balaban J connectivity index is 2.56. The van der Waals surface area contributed by atoms with Crippen LogP contribution in [0.15, 0.2) is 29.6 Å². The number of halogens is 2. The normalized spacial score (nSPS) is 12.8. The molecule has 2 N–H and O–H groups in total. The van der Waals surface area contributed by atoms with E-state index in [0.29, 0.717) is 10.6 Å². The lowest BCUT2D eigenvalue weighted by molar-refractivity contribution is 0.630. The molecule has 0 fully saturated rings. The van der Waals surface area contributed by atoms with E-state index in [1.165, 1.54) is 17.4 Å². The zero-order chi connectivity index (χ0) is 11.7. The molecule has 0 saturated heterocycles. The van der Waals surface area contributed by atoms with Gasteiger partial charge in [0.05, 0.1) is 9.90 Å². The van der Waals surface area contributed by atoms with Crippen molar-refractivity contribution < 1.29 is 4.39 Å². The van der Waals surface area contributed by atoms with Crippen molar-refractivity contribution in [2.45, 2.75) is 13.0 Å². The topological polar surface area (TPSA) is 26.0 Å². The van der Waals surface area contributed by atoms with Crippen molar-refractivity contribution in [1.29, 1.82) is 0 Å². The molecule has 0 radical (unpaired) electrons. The molecule has 1 atom stereocenters. The van der Waals surface area contributed by atoms with E-state index in [1.54, 1.807) is 18.2 Å². The van der Waals surface area contributed by atoms with Crippen LogP contribution < -0.4 is 5.73 Å². The fourth-order valence-corrected chi connectivity index (χ4v) is 2.66. The molecule has 0 saturated carbocycles. The summed E-state index contributed by atoms with van der Waals surface area (Å²) in [4.78, 5) is 0.752. The van der Waals surface area contributed by atoms with Crippen molar-refractivity contribution in [2.24, 2.45) is 5.73 Å². The maximum atomic E-state index is 13.7. The van der Waals surface area contributed by atoms with Crippen molar-refractivity contribution in [3.63, 3.8) is 0 Å². The Morgan fingerprint density at radius 3 is 2.69 bits per heavy atom. The number of nitrogens with two attached hydrogens (primary N) is 1. The van der Waals surface area contributed by atoms with Gasteiger partial charge in [-0.15, -0.1) is 11.3 Å². The second-order valence-corrected chi connectivity index (χ2v) is 4.95. The molecule has 0 aliphatic heterocycles. The molecular weight excluding hydrogens is 245 g/mol. The third-order valence-corrected chi connectivity index (χ3v) is 3.75. The largest absolute Gasteiger partial charge is 0.324 e. The molecule has 1 nitrogen and oxygen atoms in total. The molecule has 0 bridgehead atoms. The van der Waals surface area contributed by atoms with Gasteiger partial charge in [-0.25, -0.2) is 4.39 Å². The van der Waals surface area contributed by atoms with Gasteiger partial charge in [0.15, 0.2) is 0 Å². The van der Waals surface area contributed by atoms with Crippen LogP contribution >= 0.6 is 22.9 Å². The third-order valence-electron chi connectivity index (χ3n) is 2.38. The minimum Gasteiger partial charge on any atom is -0.324 e. The van der Waals surface area contributed by atoms with Crippen molar-refractivity contribution in [2.75, 3.05) is 0 Å². The van der Waals surface area contributed by atoms with E-state index in [4.69, 9.17) is 17.3 Å². The van der Waals surface area contributed by atoms with E-state index in [-0.39, 0.29) is 11.9 Å². The summed E-state index contributed by atoms with van der Waals surface area (Å²) in [5.74, 6) is -0.270. The first kappa shape index (κ1) is 11.6. The van der Waals surface area contributed by atoms with Gasteiger partial charge in [-0.2, -0.15) is 0 Å². The highest BCUT2D eigenvalue weighted by atomic mass is 35.5. The van der Waals surface area contributed by atoms with Crippen molar-refractivity contribution in [1.82, 2.24) is 0 Å². The van der Waals surface area contributed by atoms with Crippen LogP contribution in [0.3, 0.4) is 0 Å². The van der Waals surface area contributed by atoms with Gasteiger partial charge in [0, 0.05) is 11.6 Å². The molecule has 0 spiro atoms. The second-order valence-electron chi connectivity index (χ2n) is 3.63. The Hall–Kier alpha value is -0.900. The molecule has 0 amide bonds. The zero-order valence-electron chi connectivity index (χ0n) is 8.71. The number of hydrogen-bond acceptors (Lipinski definition) is 2. The number of thiophene rings is 1. The van der Waals surface area contributed by atoms with Crippen LogP contribution in [0.5, 0.6) is 0 Å². The van der Waals surface area contributed by atoms with Crippen LogP contribution in [-0.2, 0) is 0 Å². The van der Waals surface area contributed by atoms with Crippen molar-refractivity contribution in [3.8, 4) is 10.4 Å². The lowest BCUT2D eigenvalue weighted by Gasteiger charge is -2.08. The fraction of sp³-hybridized carbons (Fsp3) is 0.167. The van der Waals surface area contributed by atoms with Gasteiger partial charge >= 0.3 is 0 Å². The SMILES string of the molecule is CC(N)c1ccc(F)c(-c2sccc2Cl)c1. The molecule has 0 aliphatic rings. The van der Waals surface area contributed by atoms with Gasteiger partial charge in [0.1, 0.15) is 5.82 Å². The highest BCUT2D eigenvalue weighted by molar-refractivity contribution is 7.14. The van der Waals surface area contributed by atoms with Gasteiger partial charge in [-0.3, -0.25) is 0 Å². The minimum absolute atomic E-state index is 0.113. The highest BCUT2D eigenvalue weighted by Gasteiger charge is 2.12. The summed E-state index contributed by atoms with van der Waals surface area (Å²) in [6.45, 7) is 1.87. The van der Waals surface area contributed by atoms with E-state index in [0.717, 1.165) is 10.4 Å². The van der Waals surface area contributed by atoms with Crippen LogP contribution in [0.2, 0.25) is 5.02 Å². The zero-order valence-corrected chi connectivity index (χ0v) is 10.3. The standard InChI is InChI=1S/C12H11ClFNS/c1-7(15)8-2-3-11(14)9(6-8)12-10(13)4-5-16-12/h2-7H,15H2,1H3. The first-order chi connectivity index (χ1) is 7.59. The number of benzene rings is 1. The monoisotopic (exact) mass is 255 g/mol.